The second kappa shape index (κ2) is 2.67. The van der Waals surface area contributed by atoms with Crippen LogP contribution in [0.25, 0.3) is 0 Å². The summed E-state index contributed by atoms with van der Waals surface area (Å²) in [5, 5.41) is 11.5. The number of rotatable bonds is 3. The van der Waals surface area contributed by atoms with Gasteiger partial charge in [0.2, 0.25) is 0 Å². The third-order valence-corrected chi connectivity index (χ3v) is 1.97. The van der Waals surface area contributed by atoms with Crippen LogP contribution in [-0.4, -0.2) is 18.7 Å². The molecule has 0 aromatic heterocycles. The first kappa shape index (κ1) is 7.03. The second-order valence-corrected chi connectivity index (χ2v) is 3.13. The van der Waals surface area contributed by atoms with E-state index in [1.807, 2.05) is 0 Å². The largest absolute Gasteiger partial charge is 0.785 e. The number of nitrogens with zero attached hydrogens (tertiary/aromatic N) is 1. The molecule has 1 unspecified atom stereocenters. The molecule has 1 fully saturated rings. The van der Waals surface area contributed by atoms with Crippen LogP contribution >= 0.6 is 0 Å². The Morgan fingerprint density at radius 1 is 1.67 bits per heavy atom. The third-order valence-electron chi connectivity index (χ3n) is 1.97. The summed E-state index contributed by atoms with van der Waals surface area (Å²) >= 11 is 0. The fourth-order valence-corrected chi connectivity index (χ4v) is 1.22. The lowest BCUT2D eigenvalue weighted by Gasteiger charge is -2.25. The summed E-state index contributed by atoms with van der Waals surface area (Å²) in [4.78, 5) is 0. The lowest BCUT2D eigenvalue weighted by atomic mass is 10.1. The Kier molecular flexibility index (Phi) is 2.09. The second-order valence-electron chi connectivity index (χ2n) is 3.13. The zero-order valence-corrected chi connectivity index (χ0v) is 6.13. The zero-order valence-electron chi connectivity index (χ0n) is 6.13. The molecular weight excluding hydrogens is 114 g/mol. The van der Waals surface area contributed by atoms with E-state index in [1.165, 1.54) is 12.8 Å². The van der Waals surface area contributed by atoms with Crippen molar-refractivity contribution in [2.45, 2.75) is 19.8 Å². The minimum absolute atomic E-state index is 0.618. The van der Waals surface area contributed by atoms with E-state index < -0.39 is 0 Å². The van der Waals surface area contributed by atoms with E-state index in [9.17, 15) is 5.21 Å². The molecule has 1 saturated carbocycles. The van der Waals surface area contributed by atoms with Crippen molar-refractivity contribution in [3.05, 3.63) is 5.21 Å². The predicted octanol–water partition coefficient (Wildman–Crippen LogP) is 1.46. The van der Waals surface area contributed by atoms with Crippen molar-refractivity contribution < 1.29 is 0 Å². The lowest BCUT2D eigenvalue weighted by Crippen LogP contribution is -2.19. The number of hydrogen-bond acceptors (Lipinski definition) is 2. The minimum Gasteiger partial charge on any atom is -0.785 e. The highest BCUT2D eigenvalue weighted by Crippen LogP contribution is 2.36. The molecule has 1 aliphatic carbocycles. The first-order valence-electron chi connectivity index (χ1n) is 3.58. The Labute approximate surface area is 56.4 Å². The fraction of sp³-hybridized carbons (Fsp3) is 1.00. The SMILES string of the molecule is CC(CN(C)[O-])C1CC1. The van der Waals surface area contributed by atoms with Gasteiger partial charge >= 0.3 is 0 Å². The Hall–Kier alpha value is -0.0800. The maximum Gasteiger partial charge on any atom is -0.0118 e. The minimum atomic E-state index is 0.618. The maximum absolute atomic E-state index is 10.5. The van der Waals surface area contributed by atoms with Gasteiger partial charge in [-0.15, -0.1) is 0 Å². The van der Waals surface area contributed by atoms with E-state index in [0.29, 0.717) is 12.5 Å². The fourth-order valence-electron chi connectivity index (χ4n) is 1.22. The van der Waals surface area contributed by atoms with E-state index in [1.54, 1.807) is 7.05 Å². The van der Waals surface area contributed by atoms with E-state index in [4.69, 9.17) is 0 Å². The van der Waals surface area contributed by atoms with Gasteiger partial charge in [0.1, 0.15) is 0 Å². The molecule has 0 aliphatic heterocycles. The normalized spacial score (nSPS) is 22.7. The summed E-state index contributed by atoms with van der Waals surface area (Å²) < 4.78 is 0. The Morgan fingerprint density at radius 3 is 2.56 bits per heavy atom. The molecule has 0 heterocycles. The van der Waals surface area contributed by atoms with Gasteiger partial charge in [-0.05, 0) is 38.3 Å². The van der Waals surface area contributed by atoms with Crippen molar-refractivity contribution in [3.8, 4) is 0 Å². The van der Waals surface area contributed by atoms with Gasteiger partial charge in [0.15, 0.2) is 0 Å². The van der Waals surface area contributed by atoms with Crippen LogP contribution in [0.15, 0.2) is 0 Å². The van der Waals surface area contributed by atoms with Crippen molar-refractivity contribution in [1.82, 2.24) is 5.06 Å². The molecule has 2 nitrogen and oxygen atoms in total. The first-order valence-corrected chi connectivity index (χ1v) is 3.58. The van der Waals surface area contributed by atoms with Gasteiger partial charge in [0.05, 0.1) is 0 Å². The Balaban J connectivity index is 2.10. The van der Waals surface area contributed by atoms with E-state index in [-0.39, 0.29) is 0 Å². The molecule has 0 saturated heterocycles. The van der Waals surface area contributed by atoms with Crippen molar-refractivity contribution in [2.75, 3.05) is 13.6 Å². The quantitative estimate of drug-likeness (QED) is 0.538. The third kappa shape index (κ3) is 2.33. The van der Waals surface area contributed by atoms with Crippen LogP contribution in [0.4, 0.5) is 0 Å². The first-order chi connectivity index (χ1) is 4.20. The lowest BCUT2D eigenvalue weighted by molar-refractivity contribution is 0.347. The van der Waals surface area contributed by atoms with E-state index in [2.05, 4.69) is 6.92 Å². The average Bonchev–Trinajstić information content (AvgIpc) is 2.40. The number of hydroxylamine groups is 2. The summed E-state index contributed by atoms with van der Waals surface area (Å²) in [5.74, 6) is 1.48. The average molecular weight is 128 g/mol. The molecule has 54 valence electrons. The predicted molar refractivity (Wildman–Crippen MR) is 37.9 cm³/mol. The van der Waals surface area contributed by atoms with Crippen molar-refractivity contribution in [2.24, 2.45) is 11.8 Å². The molecule has 0 bridgehead atoms. The van der Waals surface area contributed by atoms with Crippen molar-refractivity contribution in [1.29, 1.82) is 0 Å². The summed E-state index contributed by atoms with van der Waals surface area (Å²) in [6.07, 6.45) is 2.68. The summed E-state index contributed by atoms with van der Waals surface area (Å²) in [7, 11) is 1.60. The van der Waals surface area contributed by atoms with Gasteiger partial charge in [-0.25, -0.2) is 0 Å². The molecule has 0 amide bonds. The van der Waals surface area contributed by atoms with Crippen molar-refractivity contribution >= 4 is 0 Å². The Morgan fingerprint density at radius 2 is 2.22 bits per heavy atom. The van der Waals surface area contributed by atoms with Crippen molar-refractivity contribution in [3.63, 3.8) is 0 Å². The van der Waals surface area contributed by atoms with Gasteiger partial charge in [-0.2, -0.15) is 0 Å². The van der Waals surface area contributed by atoms with Gasteiger partial charge < -0.3 is 10.3 Å². The zero-order chi connectivity index (χ0) is 6.85. The van der Waals surface area contributed by atoms with Gasteiger partial charge in [0, 0.05) is 0 Å². The molecule has 0 radical (unpaired) electrons. The molecular formula is C7H14NO-. The molecule has 1 rings (SSSR count). The molecule has 0 aromatic rings. The molecule has 0 spiro atoms. The van der Waals surface area contributed by atoms with Gasteiger partial charge in [0.25, 0.3) is 0 Å². The highest BCUT2D eigenvalue weighted by Gasteiger charge is 2.27. The van der Waals surface area contributed by atoms with E-state index in [0.717, 1.165) is 11.0 Å². The standard InChI is InChI=1S/C7H14NO/c1-6(5-8(2)9)7-3-4-7/h6-7H,3-5H2,1-2H3/q-1. The van der Waals surface area contributed by atoms with Gasteiger partial charge in [-0.1, -0.05) is 6.92 Å². The summed E-state index contributed by atoms with van der Waals surface area (Å²) in [6.45, 7) is 2.87. The van der Waals surface area contributed by atoms with Crippen LogP contribution in [0.5, 0.6) is 0 Å². The van der Waals surface area contributed by atoms with Crippen LogP contribution < -0.4 is 0 Å². The van der Waals surface area contributed by atoms with Crippen LogP contribution in [0.3, 0.4) is 0 Å². The molecule has 0 aromatic carbocycles. The van der Waals surface area contributed by atoms with Crippen LogP contribution in [0, 0.1) is 17.0 Å². The highest BCUT2D eigenvalue weighted by atomic mass is 16.5. The molecule has 1 aliphatic rings. The highest BCUT2D eigenvalue weighted by molar-refractivity contribution is 4.80. The van der Waals surface area contributed by atoms with Crippen LogP contribution in [0.2, 0.25) is 0 Å². The molecule has 9 heavy (non-hydrogen) atoms. The summed E-state index contributed by atoms with van der Waals surface area (Å²) in [6, 6.07) is 0. The monoisotopic (exact) mass is 128 g/mol. The van der Waals surface area contributed by atoms with Crippen LogP contribution in [-0.2, 0) is 0 Å². The number of hydrogen-bond donors (Lipinski definition) is 0. The Bertz CT molecular complexity index is 88.9. The molecule has 0 N–H and O–H groups in total. The molecule has 1 atom stereocenters. The topological polar surface area (TPSA) is 26.3 Å². The van der Waals surface area contributed by atoms with E-state index >= 15 is 0 Å². The maximum atomic E-state index is 10.5. The summed E-state index contributed by atoms with van der Waals surface area (Å²) in [5.41, 5.74) is 0. The molecule has 2 heteroatoms. The van der Waals surface area contributed by atoms with Crippen LogP contribution in [0.1, 0.15) is 19.8 Å². The smallest absolute Gasteiger partial charge is 0.0118 e. The van der Waals surface area contributed by atoms with Gasteiger partial charge in [-0.3, -0.25) is 0 Å².